The molecule has 3 aliphatic rings. The van der Waals surface area contributed by atoms with E-state index in [1.807, 2.05) is 35.7 Å². The minimum Gasteiger partial charge on any atom is -0.504 e. The van der Waals surface area contributed by atoms with Crippen molar-refractivity contribution in [3.05, 3.63) is 76.2 Å². The van der Waals surface area contributed by atoms with E-state index in [1.54, 1.807) is 13.0 Å². The quantitative estimate of drug-likeness (QED) is 0.193. The van der Waals surface area contributed by atoms with Crippen LogP contribution in [0.5, 0.6) is 11.5 Å². The number of nitrogens with one attached hydrogen (secondary N) is 1. The summed E-state index contributed by atoms with van der Waals surface area (Å²) in [6, 6.07) is 13.0. The molecular weight excluding hydrogens is 594 g/mol. The first kappa shape index (κ1) is 32.4. The van der Waals surface area contributed by atoms with Crippen LogP contribution in [0.4, 0.5) is 0 Å². The molecule has 7 N–H and O–H groups in total. The lowest BCUT2D eigenvalue weighted by Crippen LogP contribution is -2.67. The van der Waals surface area contributed by atoms with E-state index in [9.17, 15) is 35.4 Å². The molecule has 0 bridgehead atoms. The Balaban J connectivity index is 1.18. The predicted molar refractivity (Wildman–Crippen MR) is 159 cm³/mol. The number of thioether (sulfide) groups is 1. The highest BCUT2D eigenvalue weighted by Crippen LogP contribution is 2.34. The van der Waals surface area contributed by atoms with Gasteiger partial charge in [0.2, 0.25) is 12.2 Å². The van der Waals surface area contributed by atoms with Crippen molar-refractivity contribution in [1.82, 2.24) is 5.32 Å². The third-order valence-electron chi connectivity index (χ3n) is 7.90. The first-order valence-corrected chi connectivity index (χ1v) is 15.2. The molecule has 0 unspecified atom stereocenters. The molecule has 12 nitrogen and oxygen atoms in total. The molecule has 0 spiro atoms. The van der Waals surface area contributed by atoms with E-state index in [0.717, 1.165) is 11.3 Å². The van der Waals surface area contributed by atoms with E-state index in [1.165, 1.54) is 36.9 Å². The van der Waals surface area contributed by atoms with Gasteiger partial charge in [0.25, 0.3) is 0 Å². The van der Waals surface area contributed by atoms with Crippen LogP contribution in [-0.4, -0.2) is 105 Å². The van der Waals surface area contributed by atoms with Crippen LogP contribution in [-0.2, 0) is 24.8 Å². The fourth-order valence-electron chi connectivity index (χ4n) is 5.42. The Kier molecular flexibility index (Phi) is 10.3. The van der Waals surface area contributed by atoms with Gasteiger partial charge in [-0.2, -0.15) is 0 Å². The minimum absolute atomic E-state index is 0.00276. The molecule has 2 aliphatic heterocycles. The summed E-state index contributed by atoms with van der Waals surface area (Å²) in [6.45, 7) is 3.16. The van der Waals surface area contributed by atoms with Gasteiger partial charge in [0.05, 0.1) is 6.04 Å². The van der Waals surface area contributed by atoms with Crippen LogP contribution in [0.25, 0.3) is 6.08 Å². The average Bonchev–Trinajstić information content (AvgIpc) is 3.61. The van der Waals surface area contributed by atoms with Gasteiger partial charge in [-0.25, -0.2) is 0 Å². The van der Waals surface area contributed by atoms with Gasteiger partial charge >= 0.3 is 0 Å². The molecule has 10 atom stereocenters. The minimum atomic E-state index is -1.48. The van der Waals surface area contributed by atoms with Crippen LogP contribution < -0.4 is 10.1 Å². The van der Waals surface area contributed by atoms with Gasteiger partial charge in [-0.1, -0.05) is 36.4 Å². The highest BCUT2D eigenvalue weighted by atomic mass is 32.2. The molecule has 1 amide bonds. The molecule has 44 heavy (non-hydrogen) atoms. The topological polar surface area (TPSA) is 187 Å². The van der Waals surface area contributed by atoms with Gasteiger partial charge in [-0.05, 0) is 54.2 Å². The first-order valence-electron chi connectivity index (χ1n) is 14.1. The molecule has 2 aromatic carbocycles. The molecule has 2 heterocycles. The van der Waals surface area contributed by atoms with Crippen LogP contribution in [0.3, 0.4) is 0 Å². The lowest BCUT2D eigenvalue weighted by molar-refractivity contribution is -0.155. The first-order chi connectivity index (χ1) is 21.0. The molecule has 2 saturated heterocycles. The maximum atomic E-state index is 12.9. The number of carbonyl (C=O) groups is 1. The molecule has 0 radical (unpaired) electrons. The van der Waals surface area contributed by atoms with Gasteiger partial charge in [0, 0.05) is 11.3 Å². The van der Waals surface area contributed by atoms with Gasteiger partial charge in [0.1, 0.15) is 55.6 Å². The third-order valence-corrected chi connectivity index (χ3v) is 8.94. The van der Waals surface area contributed by atoms with Crippen LogP contribution in [0.1, 0.15) is 25.0 Å². The zero-order valence-electron chi connectivity index (χ0n) is 24.1. The number of benzene rings is 2. The molecular formula is C31H37NO11S. The standard InChI is InChI=1S/C31H37NO11S/c1-15(30(39)32-21-22(34)24(36)29-28(23(21)35)40-14-41-29)10-18-8-9-20(19(33)11-18)42-31-26(38)25(37)27(43-31)16(2)12-44-13-17-6-4-3-5-7-17/h3-12,21-29,31,33-38H,13-14H2,1-2H3,(H,32,39)/t21-,22+,23-,24+,25+,26+,27-,28+,29-,31-/m1/s1. The number of hydrogen-bond donors (Lipinski definition) is 7. The summed E-state index contributed by atoms with van der Waals surface area (Å²) >= 11 is 1.54. The Bertz CT molecular complexity index is 1370. The van der Waals surface area contributed by atoms with Crippen molar-refractivity contribution in [2.45, 2.75) is 80.8 Å². The number of carbonyl (C=O) groups excluding carboxylic acids is 1. The van der Waals surface area contributed by atoms with Crippen LogP contribution in [0.2, 0.25) is 0 Å². The van der Waals surface area contributed by atoms with Crippen molar-refractivity contribution in [3.8, 4) is 11.5 Å². The van der Waals surface area contributed by atoms with Crippen molar-refractivity contribution < 1.29 is 54.4 Å². The molecule has 5 rings (SSSR count). The van der Waals surface area contributed by atoms with Crippen molar-refractivity contribution in [3.63, 3.8) is 0 Å². The average molecular weight is 632 g/mol. The van der Waals surface area contributed by atoms with Crippen molar-refractivity contribution in [2.24, 2.45) is 0 Å². The number of hydrogen-bond acceptors (Lipinski definition) is 12. The molecule has 3 fully saturated rings. The Hall–Kier alpha value is -2.98. The summed E-state index contributed by atoms with van der Waals surface area (Å²) in [5.41, 5.74) is 2.48. The molecule has 0 aromatic heterocycles. The Morgan fingerprint density at radius 2 is 1.66 bits per heavy atom. The summed E-state index contributed by atoms with van der Waals surface area (Å²) in [6.07, 6.45) is -9.13. The third kappa shape index (κ3) is 6.96. The van der Waals surface area contributed by atoms with E-state index in [2.05, 4.69) is 5.32 Å². The van der Waals surface area contributed by atoms with Gasteiger partial charge < -0.3 is 54.9 Å². The summed E-state index contributed by atoms with van der Waals surface area (Å²) in [5, 5.41) is 67.5. The summed E-state index contributed by atoms with van der Waals surface area (Å²) in [4.78, 5) is 12.9. The fraction of sp³-hybridized carbons (Fsp3) is 0.452. The zero-order chi connectivity index (χ0) is 31.5. The monoisotopic (exact) mass is 631 g/mol. The highest BCUT2D eigenvalue weighted by molar-refractivity contribution is 8.01. The van der Waals surface area contributed by atoms with E-state index in [4.69, 9.17) is 18.9 Å². The number of ether oxygens (including phenoxy) is 4. The molecule has 238 valence electrons. The number of amides is 1. The summed E-state index contributed by atoms with van der Waals surface area (Å²) < 4.78 is 22.0. The molecule has 2 aromatic rings. The second kappa shape index (κ2) is 14.0. The Morgan fingerprint density at radius 3 is 2.36 bits per heavy atom. The second-order valence-electron chi connectivity index (χ2n) is 11.1. The Labute approximate surface area is 258 Å². The lowest BCUT2D eigenvalue weighted by Gasteiger charge is -2.41. The van der Waals surface area contributed by atoms with Crippen LogP contribution in [0.15, 0.2) is 65.1 Å². The number of aliphatic hydroxyl groups is 5. The van der Waals surface area contributed by atoms with E-state index in [-0.39, 0.29) is 23.9 Å². The van der Waals surface area contributed by atoms with Crippen molar-refractivity contribution >= 4 is 23.7 Å². The normalized spacial score (nSPS) is 34.1. The second-order valence-corrected chi connectivity index (χ2v) is 11.9. The van der Waals surface area contributed by atoms with Crippen molar-refractivity contribution in [1.29, 1.82) is 0 Å². The lowest BCUT2D eigenvalue weighted by atomic mass is 9.83. The van der Waals surface area contributed by atoms with Gasteiger partial charge in [-0.15, -0.1) is 11.8 Å². The molecule has 1 saturated carbocycles. The number of aromatic hydroxyl groups is 1. The van der Waals surface area contributed by atoms with Gasteiger partial charge in [-0.3, -0.25) is 4.79 Å². The highest BCUT2D eigenvalue weighted by Gasteiger charge is 2.53. The number of fused-ring (bicyclic) bond motifs is 1. The molecule has 1 aliphatic carbocycles. The maximum absolute atomic E-state index is 12.9. The van der Waals surface area contributed by atoms with Crippen LogP contribution in [0, 0.1) is 0 Å². The SMILES string of the molecule is CC(=Cc1ccc(O[C@@H]2O[C@H](C(C)=CSCc3ccccc3)[C@@H](O)[C@@H]2O)c(O)c1)C(=O)N[C@@H]1[C@H](O)[C@H](O)[C@H]2OCO[C@H]2[C@@H]1O. The largest absolute Gasteiger partial charge is 0.504 e. The van der Waals surface area contributed by atoms with E-state index >= 15 is 0 Å². The van der Waals surface area contributed by atoms with E-state index in [0.29, 0.717) is 11.1 Å². The number of aliphatic hydroxyl groups excluding tert-OH is 5. The summed E-state index contributed by atoms with van der Waals surface area (Å²) in [5.74, 6) is -0.183. The maximum Gasteiger partial charge on any atom is 0.247 e. The zero-order valence-corrected chi connectivity index (χ0v) is 24.9. The van der Waals surface area contributed by atoms with E-state index < -0.39 is 67.1 Å². The fourth-order valence-corrected chi connectivity index (χ4v) is 6.28. The number of phenolic OH excluding ortho intramolecular Hbond substituents is 1. The smallest absolute Gasteiger partial charge is 0.247 e. The number of phenols is 1. The molecule has 13 heteroatoms. The predicted octanol–water partition coefficient (Wildman–Crippen LogP) is 0.781. The summed E-state index contributed by atoms with van der Waals surface area (Å²) in [7, 11) is 0. The number of rotatable bonds is 9. The Morgan fingerprint density at radius 1 is 0.955 bits per heavy atom. The van der Waals surface area contributed by atoms with Crippen LogP contribution >= 0.6 is 11.8 Å². The van der Waals surface area contributed by atoms with Gasteiger partial charge in [0.15, 0.2) is 11.5 Å². The van der Waals surface area contributed by atoms with Crippen molar-refractivity contribution in [2.75, 3.05) is 6.79 Å².